The first-order valence-electron chi connectivity index (χ1n) is 5.68. The summed E-state index contributed by atoms with van der Waals surface area (Å²) in [5, 5.41) is 0. The van der Waals surface area contributed by atoms with Crippen molar-refractivity contribution in [2.75, 3.05) is 0 Å². The van der Waals surface area contributed by atoms with E-state index >= 15 is 0 Å². The van der Waals surface area contributed by atoms with E-state index < -0.39 is 15.8 Å². The molecule has 0 aliphatic heterocycles. The van der Waals surface area contributed by atoms with Gasteiger partial charge in [-0.05, 0) is 50.5 Å². The number of sulfonamides is 1. The minimum atomic E-state index is -3.62. The summed E-state index contributed by atoms with van der Waals surface area (Å²) < 4.78 is 40.1. The Morgan fingerprint density at radius 1 is 1.39 bits per heavy atom. The van der Waals surface area contributed by atoms with Crippen LogP contribution < -0.4 is 4.72 Å². The number of hydrogen-bond acceptors (Lipinski definition) is 2. The Kier molecular flexibility index (Phi) is 4.65. The Bertz CT molecular complexity index is 529. The van der Waals surface area contributed by atoms with Gasteiger partial charge >= 0.3 is 0 Å². The molecule has 0 saturated carbocycles. The molecule has 0 amide bonds. The molecule has 0 saturated heterocycles. The second-order valence-electron chi connectivity index (χ2n) is 4.42. The summed E-state index contributed by atoms with van der Waals surface area (Å²) in [4.78, 5) is 0.153. The minimum absolute atomic E-state index is 0.153. The Balaban J connectivity index is 3.17. The highest BCUT2D eigenvalue weighted by Crippen LogP contribution is 2.21. The summed E-state index contributed by atoms with van der Waals surface area (Å²) in [6, 6.07) is 2.20. The van der Waals surface area contributed by atoms with E-state index in [9.17, 15) is 12.8 Å². The van der Waals surface area contributed by atoms with Crippen molar-refractivity contribution >= 4 is 10.0 Å². The lowest BCUT2D eigenvalue weighted by molar-refractivity contribution is 0.560. The van der Waals surface area contributed by atoms with Crippen molar-refractivity contribution < 1.29 is 12.8 Å². The molecule has 0 spiro atoms. The molecule has 0 aliphatic rings. The third-order valence-electron chi connectivity index (χ3n) is 2.57. The monoisotopic (exact) mass is 271 g/mol. The first-order valence-corrected chi connectivity index (χ1v) is 7.16. The molecule has 0 aromatic heterocycles. The summed E-state index contributed by atoms with van der Waals surface area (Å²) in [6.07, 6.45) is 2.19. The van der Waals surface area contributed by atoms with Gasteiger partial charge in [-0.3, -0.25) is 0 Å². The van der Waals surface area contributed by atoms with Crippen LogP contribution >= 0.6 is 0 Å². The summed E-state index contributed by atoms with van der Waals surface area (Å²) in [5.41, 5.74) is 0.816. The molecule has 1 unspecified atom stereocenters. The van der Waals surface area contributed by atoms with Crippen LogP contribution in [0, 0.1) is 19.7 Å². The van der Waals surface area contributed by atoms with Crippen LogP contribution in [-0.4, -0.2) is 14.5 Å². The largest absolute Gasteiger partial charge is 0.241 e. The normalized spacial score (nSPS) is 13.3. The fraction of sp³-hybridized carbons (Fsp3) is 0.385. The van der Waals surface area contributed by atoms with Gasteiger partial charge < -0.3 is 0 Å². The molecule has 0 bridgehead atoms. The lowest BCUT2D eigenvalue weighted by Gasteiger charge is -2.15. The van der Waals surface area contributed by atoms with E-state index in [4.69, 9.17) is 0 Å². The van der Waals surface area contributed by atoms with E-state index in [0.29, 0.717) is 17.5 Å². The fourth-order valence-corrected chi connectivity index (χ4v) is 3.65. The van der Waals surface area contributed by atoms with E-state index in [1.807, 2.05) is 0 Å². The smallest absolute Gasteiger partial charge is 0.208 e. The van der Waals surface area contributed by atoms with Crippen LogP contribution in [0.4, 0.5) is 4.39 Å². The molecule has 5 heteroatoms. The average molecular weight is 271 g/mol. The van der Waals surface area contributed by atoms with Crippen molar-refractivity contribution in [2.24, 2.45) is 0 Å². The molecule has 3 nitrogen and oxygen atoms in total. The van der Waals surface area contributed by atoms with Gasteiger partial charge in [0.1, 0.15) is 5.82 Å². The van der Waals surface area contributed by atoms with E-state index in [1.165, 1.54) is 12.1 Å². The van der Waals surface area contributed by atoms with Crippen LogP contribution in [0.15, 0.2) is 29.7 Å². The number of nitrogens with one attached hydrogen (secondary N) is 1. The molecule has 0 aliphatic carbocycles. The lowest BCUT2D eigenvalue weighted by atomic mass is 10.1. The maximum absolute atomic E-state index is 13.2. The Hall–Kier alpha value is -1.20. The third-order valence-corrected chi connectivity index (χ3v) is 4.46. The third kappa shape index (κ3) is 3.40. The van der Waals surface area contributed by atoms with Crippen molar-refractivity contribution in [3.8, 4) is 0 Å². The predicted molar refractivity (Wildman–Crippen MR) is 70.5 cm³/mol. The summed E-state index contributed by atoms with van der Waals surface area (Å²) in [7, 11) is -3.62. The van der Waals surface area contributed by atoms with Gasteiger partial charge in [-0.1, -0.05) is 6.08 Å². The number of hydrogen-bond donors (Lipinski definition) is 1. The van der Waals surface area contributed by atoms with Gasteiger partial charge in [-0.15, -0.1) is 6.58 Å². The zero-order valence-corrected chi connectivity index (χ0v) is 11.6. The van der Waals surface area contributed by atoms with Gasteiger partial charge in [-0.25, -0.2) is 17.5 Å². The standard InChI is InChI=1S/C13H18FNO2S/c1-5-6-11(4)15-18(16,17)13-9(2)7-12(14)8-10(13)3/h5,7-8,11,15H,1,6H2,2-4H3. The minimum Gasteiger partial charge on any atom is -0.208 e. The number of rotatable bonds is 5. The van der Waals surface area contributed by atoms with E-state index in [2.05, 4.69) is 11.3 Å². The maximum Gasteiger partial charge on any atom is 0.241 e. The topological polar surface area (TPSA) is 46.2 Å². The van der Waals surface area contributed by atoms with Crippen molar-refractivity contribution in [1.29, 1.82) is 0 Å². The molecule has 1 N–H and O–H groups in total. The number of aryl methyl sites for hydroxylation is 2. The van der Waals surface area contributed by atoms with Crippen molar-refractivity contribution in [3.05, 3.63) is 41.7 Å². The van der Waals surface area contributed by atoms with E-state index in [1.54, 1.807) is 26.8 Å². The molecule has 1 rings (SSSR count). The van der Waals surface area contributed by atoms with Gasteiger partial charge in [0.2, 0.25) is 10.0 Å². The maximum atomic E-state index is 13.2. The molecule has 100 valence electrons. The molecule has 1 aromatic rings. The average Bonchev–Trinajstić information content (AvgIpc) is 2.13. The molecule has 1 atom stereocenters. The SMILES string of the molecule is C=CCC(C)NS(=O)(=O)c1c(C)cc(F)cc1C. The van der Waals surface area contributed by atoms with Crippen LogP contribution in [0.25, 0.3) is 0 Å². The molecule has 1 aromatic carbocycles. The molecule has 0 heterocycles. The van der Waals surface area contributed by atoms with Crippen molar-refractivity contribution in [1.82, 2.24) is 4.72 Å². The number of benzene rings is 1. The highest BCUT2D eigenvalue weighted by atomic mass is 32.2. The van der Waals surface area contributed by atoms with Gasteiger partial charge in [0.25, 0.3) is 0 Å². The van der Waals surface area contributed by atoms with Gasteiger partial charge in [0, 0.05) is 6.04 Å². The van der Waals surface area contributed by atoms with Crippen molar-refractivity contribution in [2.45, 2.75) is 38.1 Å². The van der Waals surface area contributed by atoms with Crippen LogP contribution in [-0.2, 0) is 10.0 Å². The summed E-state index contributed by atoms with van der Waals surface area (Å²) >= 11 is 0. The first-order chi connectivity index (χ1) is 8.27. The van der Waals surface area contributed by atoms with E-state index in [0.717, 1.165) is 0 Å². The van der Waals surface area contributed by atoms with Gasteiger partial charge in [-0.2, -0.15) is 0 Å². The summed E-state index contributed by atoms with van der Waals surface area (Å²) in [6.45, 7) is 8.50. The molecule has 18 heavy (non-hydrogen) atoms. The zero-order chi connectivity index (χ0) is 13.9. The second kappa shape index (κ2) is 5.63. The number of halogens is 1. The van der Waals surface area contributed by atoms with Crippen LogP contribution in [0.1, 0.15) is 24.5 Å². The second-order valence-corrected chi connectivity index (χ2v) is 6.07. The first kappa shape index (κ1) is 14.9. The van der Waals surface area contributed by atoms with Crippen LogP contribution in [0.3, 0.4) is 0 Å². The molecule has 0 radical (unpaired) electrons. The fourth-order valence-electron chi connectivity index (χ4n) is 1.94. The van der Waals surface area contributed by atoms with Crippen LogP contribution in [0.5, 0.6) is 0 Å². The van der Waals surface area contributed by atoms with Gasteiger partial charge in [0.15, 0.2) is 0 Å². The van der Waals surface area contributed by atoms with Crippen molar-refractivity contribution in [3.63, 3.8) is 0 Å². The molecular formula is C13H18FNO2S. The predicted octanol–water partition coefficient (Wildman–Crippen LogP) is 2.69. The Labute approximate surface area is 108 Å². The van der Waals surface area contributed by atoms with Crippen LogP contribution in [0.2, 0.25) is 0 Å². The Morgan fingerprint density at radius 3 is 2.33 bits per heavy atom. The lowest BCUT2D eigenvalue weighted by Crippen LogP contribution is -2.33. The highest BCUT2D eigenvalue weighted by Gasteiger charge is 2.21. The Morgan fingerprint density at radius 2 is 1.89 bits per heavy atom. The zero-order valence-electron chi connectivity index (χ0n) is 10.8. The molecule has 0 fully saturated rings. The van der Waals surface area contributed by atoms with Gasteiger partial charge in [0.05, 0.1) is 4.90 Å². The van der Waals surface area contributed by atoms with E-state index in [-0.39, 0.29) is 10.9 Å². The quantitative estimate of drug-likeness (QED) is 0.837. The highest BCUT2D eigenvalue weighted by molar-refractivity contribution is 7.89. The summed E-state index contributed by atoms with van der Waals surface area (Å²) in [5.74, 6) is -0.428. The molecular weight excluding hydrogens is 253 g/mol.